The normalized spacial score (nSPS) is 16.5. The number of hydrogen-bond acceptors (Lipinski definition) is 9. The van der Waals surface area contributed by atoms with Crippen LogP contribution in [0.1, 0.15) is 74.6 Å². The Kier molecular flexibility index (Phi) is 12.1. The number of ether oxygens (including phenoxy) is 2. The van der Waals surface area contributed by atoms with Crippen molar-refractivity contribution in [3.05, 3.63) is 35.9 Å². The zero-order chi connectivity index (χ0) is 27.1. The molecule has 10 heteroatoms. The molecule has 214 valence electrons. The lowest BCUT2D eigenvalue weighted by Crippen LogP contribution is -2.35. The van der Waals surface area contributed by atoms with E-state index in [2.05, 4.69) is 32.9 Å². The number of carbonyl (C=O) groups excluding carboxylic acids is 1. The first-order chi connectivity index (χ1) is 19.2. The van der Waals surface area contributed by atoms with Crippen LogP contribution in [0, 0.1) is 0 Å². The molecular weight excluding hydrogens is 494 g/mol. The summed E-state index contributed by atoms with van der Waals surface area (Å²) >= 11 is 0. The summed E-state index contributed by atoms with van der Waals surface area (Å²) in [5, 5.41) is 9.73. The van der Waals surface area contributed by atoms with Crippen LogP contribution in [0.25, 0.3) is 0 Å². The number of rotatable bonds is 15. The van der Waals surface area contributed by atoms with Gasteiger partial charge in [-0.2, -0.15) is 15.0 Å². The second-order valence-corrected chi connectivity index (χ2v) is 10.4. The van der Waals surface area contributed by atoms with Crippen LogP contribution in [0.2, 0.25) is 0 Å². The molecule has 0 radical (unpaired) electrons. The standard InChI is InChI=1S/C29H45N7O3/c1-36(25-15-9-4-10-16-25)29-34-27(33-28(35-29)32-24-13-7-3-8-14-24)31-18-20-39-22-21-38-19-17-30-26(37)23-11-5-2-6-12-23/h2,5-6,11-12,24-25H,3-4,7-10,13-22H2,1H3,(H,30,37)(H2,31,32,33,34,35). The van der Waals surface area contributed by atoms with Gasteiger partial charge in [-0.05, 0) is 37.8 Å². The number of benzene rings is 1. The predicted molar refractivity (Wildman–Crippen MR) is 155 cm³/mol. The third-order valence-corrected chi connectivity index (χ3v) is 7.47. The molecular formula is C29H45N7O3. The SMILES string of the molecule is CN(c1nc(NCCOCCOCCNC(=O)c2ccccc2)nc(NC2CCCCC2)n1)C1CCCCC1. The summed E-state index contributed by atoms with van der Waals surface area (Å²) in [7, 11) is 2.11. The van der Waals surface area contributed by atoms with E-state index in [4.69, 9.17) is 19.4 Å². The van der Waals surface area contributed by atoms with Crippen LogP contribution in [-0.4, -0.2) is 79.5 Å². The van der Waals surface area contributed by atoms with E-state index in [1.165, 1.54) is 51.4 Å². The van der Waals surface area contributed by atoms with E-state index in [0.717, 1.165) is 18.8 Å². The highest BCUT2D eigenvalue weighted by Crippen LogP contribution is 2.26. The van der Waals surface area contributed by atoms with Crippen LogP contribution in [0.15, 0.2) is 30.3 Å². The maximum Gasteiger partial charge on any atom is 0.251 e. The maximum atomic E-state index is 12.0. The molecule has 0 bridgehead atoms. The van der Waals surface area contributed by atoms with Crippen LogP contribution in [0.3, 0.4) is 0 Å². The van der Waals surface area contributed by atoms with Gasteiger partial charge in [0.15, 0.2) is 0 Å². The van der Waals surface area contributed by atoms with Crippen molar-refractivity contribution in [3.8, 4) is 0 Å². The molecule has 2 aliphatic carbocycles. The van der Waals surface area contributed by atoms with E-state index in [-0.39, 0.29) is 5.91 Å². The Morgan fingerprint density at radius 2 is 1.46 bits per heavy atom. The molecule has 0 atom stereocenters. The Hall–Kier alpha value is -2.98. The van der Waals surface area contributed by atoms with Crippen LogP contribution >= 0.6 is 0 Å². The number of amides is 1. The summed E-state index contributed by atoms with van der Waals surface area (Å²) in [4.78, 5) is 28.5. The minimum Gasteiger partial charge on any atom is -0.377 e. The molecule has 1 aromatic heterocycles. The average molecular weight is 540 g/mol. The Labute approximate surface area is 232 Å². The highest BCUT2D eigenvalue weighted by atomic mass is 16.5. The van der Waals surface area contributed by atoms with Crippen molar-refractivity contribution in [1.29, 1.82) is 0 Å². The Morgan fingerprint density at radius 3 is 2.18 bits per heavy atom. The fraction of sp³-hybridized carbons (Fsp3) is 0.655. The number of nitrogens with one attached hydrogen (secondary N) is 3. The lowest BCUT2D eigenvalue weighted by Gasteiger charge is -2.31. The van der Waals surface area contributed by atoms with Gasteiger partial charge in [0.05, 0.1) is 26.4 Å². The number of hydrogen-bond donors (Lipinski definition) is 3. The third kappa shape index (κ3) is 9.93. The number of aromatic nitrogens is 3. The molecule has 1 heterocycles. The van der Waals surface area contributed by atoms with Crippen LogP contribution < -0.4 is 20.9 Å². The molecule has 39 heavy (non-hydrogen) atoms. The minimum atomic E-state index is -0.0926. The zero-order valence-corrected chi connectivity index (χ0v) is 23.4. The van der Waals surface area contributed by atoms with E-state index in [9.17, 15) is 4.79 Å². The highest BCUT2D eigenvalue weighted by Gasteiger charge is 2.22. The van der Waals surface area contributed by atoms with Crippen molar-refractivity contribution in [1.82, 2.24) is 20.3 Å². The molecule has 4 rings (SSSR count). The fourth-order valence-corrected chi connectivity index (χ4v) is 5.21. The zero-order valence-electron chi connectivity index (χ0n) is 23.4. The second kappa shape index (κ2) is 16.2. The van der Waals surface area contributed by atoms with Crippen LogP contribution in [0.5, 0.6) is 0 Å². The molecule has 0 unspecified atom stereocenters. The maximum absolute atomic E-state index is 12.0. The van der Waals surface area contributed by atoms with Crippen molar-refractivity contribution in [2.24, 2.45) is 0 Å². The van der Waals surface area contributed by atoms with Gasteiger partial charge >= 0.3 is 0 Å². The van der Waals surface area contributed by atoms with E-state index < -0.39 is 0 Å². The van der Waals surface area contributed by atoms with Gasteiger partial charge in [0.2, 0.25) is 17.8 Å². The van der Waals surface area contributed by atoms with Gasteiger partial charge in [-0.25, -0.2) is 0 Å². The first-order valence-electron chi connectivity index (χ1n) is 14.7. The lowest BCUT2D eigenvalue weighted by molar-refractivity contribution is 0.0519. The number of nitrogens with zero attached hydrogens (tertiary/aromatic N) is 4. The first-order valence-corrected chi connectivity index (χ1v) is 14.7. The molecule has 3 N–H and O–H groups in total. The molecule has 1 amide bonds. The van der Waals surface area contributed by atoms with Gasteiger partial charge in [0, 0.05) is 37.8 Å². The molecule has 0 saturated heterocycles. The van der Waals surface area contributed by atoms with Crippen molar-refractivity contribution >= 4 is 23.8 Å². The van der Waals surface area contributed by atoms with E-state index >= 15 is 0 Å². The van der Waals surface area contributed by atoms with Gasteiger partial charge in [-0.15, -0.1) is 0 Å². The minimum absolute atomic E-state index is 0.0926. The molecule has 2 aromatic rings. The van der Waals surface area contributed by atoms with Crippen molar-refractivity contribution < 1.29 is 14.3 Å². The summed E-state index contributed by atoms with van der Waals surface area (Å²) in [6, 6.07) is 10.1. The first kappa shape index (κ1) is 29.0. The topological polar surface area (TPSA) is 114 Å². The van der Waals surface area contributed by atoms with Gasteiger partial charge in [0.25, 0.3) is 5.91 Å². The van der Waals surface area contributed by atoms with Crippen LogP contribution in [-0.2, 0) is 9.47 Å². The fourth-order valence-electron chi connectivity index (χ4n) is 5.21. The molecule has 0 aliphatic heterocycles. The van der Waals surface area contributed by atoms with E-state index in [1.807, 2.05) is 18.2 Å². The smallest absolute Gasteiger partial charge is 0.251 e. The Morgan fingerprint density at radius 1 is 0.821 bits per heavy atom. The van der Waals surface area contributed by atoms with E-state index in [1.54, 1.807) is 12.1 Å². The molecule has 2 fully saturated rings. The van der Waals surface area contributed by atoms with Crippen molar-refractivity contribution in [3.63, 3.8) is 0 Å². The Bertz CT molecular complexity index is 982. The monoisotopic (exact) mass is 539 g/mol. The summed E-state index contributed by atoms with van der Waals surface area (Å²) < 4.78 is 11.3. The predicted octanol–water partition coefficient (Wildman–Crippen LogP) is 4.26. The second-order valence-electron chi connectivity index (χ2n) is 10.4. The summed E-state index contributed by atoms with van der Waals surface area (Å²) in [6.45, 7) is 2.96. The van der Waals surface area contributed by atoms with Gasteiger partial charge in [-0.1, -0.05) is 56.7 Å². The molecule has 2 aliphatic rings. The van der Waals surface area contributed by atoms with Crippen molar-refractivity contribution in [2.45, 2.75) is 76.3 Å². The van der Waals surface area contributed by atoms with E-state index in [0.29, 0.717) is 69.1 Å². The van der Waals surface area contributed by atoms with Gasteiger partial charge in [-0.3, -0.25) is 4.79 Å². The molecule has 1 aromatic carbocycles. The quantitative estimate of drug-likeness (QED) is 0.286. The van der Waals surface area contributed by atoms with Gasteiger partial charge in [0.1, 0.15) is 0 Å². The lowest BCUT2D eigenvalue weighted by atomic mass is 9.95. The summed E-state index contributed by atoms with van der Waals surface area (Å²) in [6.07, 6.45) is 12.4. The van der Waals surface area contributed by atoms with Gasteiger partial charge < -0.3 is 30.3 Å². The van der Waals surface area contributed by atoms with Crippen LogP contribution in [0.4, 0.5) is 17.8 Å². The average Bonchev–Trinajstić information content (AvgIpc) is 2.99. The largest absolute Gasteiger partial charge is 0.377 e. The third-order valence-electron chi connectivity index (χ3n) is 7.47. The highest BCUT2D eigenvalue weighted by molar-refractivity contribution is 5.94. The number of anilines is 3. The molecule has 10 nitrogen and oxygen atoms in total. The molecule has 0 spiro atoms. The number of carbonyl (C=O) groups is 1. The summed E-state index contributed by atoms with van der Waals surface area (Å²) in [5.74, 6) is 1.87. The molecule has 2 saturated carbocycles. The Balaban J connectivity index is 1.16. The summed E-state index contributed by atoms with van der Waals surface area (Å²) in [5.41, 5.74) is 0.649. The van der Waals surface area contributed by atoms with Crippen molar-refractivity contribution in [2.75, 3.05) is 62.1 Å².